The zero-order valence-electron chi connectivity index (χ0n) is 11.6. The minimum absolute atomic E-state index is 0.0757. The Hall–Kier alpha value is -2.29. The largest absolute Gasteiger partial charge is 0.399 e. The Bertz CT molecular complexity index is 664. The van der Waals surface area contributed by atoms with E-state index in [2.05, 4.69) is 6.92 Å². The summed E-state index contributed by atoms with van der Waals surface area (Å²) in [5.41, 5.74) is 10.6. The number of fused-ring (bicyclic) bond motifs is 1. The normalized spacial score (nSPS) is 13.3. The summed E-state index contributed by atoms with van der Waals surface area (Å²) in [4.78, 5) is 14.6. The van der Waals surface area contributed by atoms with Crippen LogP contribution in [0.2, 0.25) is 0 Å². The molecule has 2 aromatic rings. The summed E-state index contributed by atoms with van der Waals surface area (Å²) in [7, 11) is 0. The molecule has 1 aliphatic rings. The van der Waals surface area contributed by atoms with Gasteiger partial charge in [0, 0.05) is 23.5 Å². The molecule has 0 unspecified atom stereocenters. The van der Waals surface area contributed by atoms with Crippen LogP contribution in [0.1, 0.15) is 28.4 Å². The molecule has 2 aromatic carbocycles. The summed E-state index contributed by atoms with van der Waals surface area (Å²) < 4.78 is 0. The van der Waals surface area contributed by atoms with E-state index in [-0.39, 0.29) is 5.91 Å². The minimum Gasteiger partial charge on any atom is -0.399 e. The van der Waals surface area contributed by atoms with Gasteiger partial charge >= 0.3 is 0 Å². The van der Waals surface area contributed by atoms with E-state index in [1.54, 1.807) is 0 Å². The molecule has 0 atom stereocenters. The van der Waals surface area contributed by atoms with Gasteiger partial charge in [0.25, 0.3) is 5.91 Å². The second-order valence-electron chi connectivity index (χ2n) is 5.11. The lowest BCUT2D eigenvalue weighted by Crippen LogP contribution is -2.29. The van der Waals surface area contributed by atoms with Gasteiger partial charge in [0.05, 0.1) is 0 Å². The molecule has 2 N–H and O–H groups in total. The van der Waals surface area contributed by atoms with Gasteiger partial charge in [-0.15, -0.1) is 0 Å². The van der Waals surface area contributed by atoms with E-state index in [0.717, 1.165) is 36.2 Å². The molecule has 3 nitrogen and oxygen atoms in total. The summed E-state index contributed by atoms with van der Waals surface area (Å²) >= 11 is 0. The van der Waals surface area contributed by atoms with E-state index in [1.807, 2.05) is 47.4 Å². The molecule has 0 aliphatic carbocycles. The van der Waals surface area contributed by atoms with Gasteiger partial charge in [0.1, 0.15) is 0 Å². The number of aryl methyl sites for hydroxylation is 1. The van der Waals surface area contributed by atoms with Gasteiger partial charge in [-0.25, -0.2) is 0 Å². The number of hydrogen-bond acceptors (Lipinski definition) is 2. The second kappa shape index (κ2) is 5.00. The fourth-order valence-electron chi connectivity index (χ4n) is 2.79. The molecule has 0 aromatic heterocycles. The van der Waals surface area contributed by atoms with Crippen molar-refractivity contribution in [2.45, 2.75) is 19.8 Å². The van der Waals surface area contributed by atoms with Crippen LogP contribution in [0.5, 0.6) is 0 Å². The zero-order valence-corrected chi connectivity index (χ0v) is 11.6. The van der Waals surface area contributed by atoms with Gasteiger partial charge in [-0.1, -0.05) is 31.2 Å². The third-order valence-electron chi connectivity index (χ3n) is 3.88. The van der Waals surface area contributed by atoms with Crippen molar-refractivity contribution in [1.29, 1.82) is 0 Å². The molecule has 1 heterocycles. The van der Waals surface area contributed by atoms with Crippen molar-refractivity contribution in [1.82, 2.24) is 0 Å². The molecule has 20 heavy (non-hydrogen) atoms. The van der Waals surface area contributed by atoms with Gasteiger partial charge in [-0.2, -0.15) is 0 Å². The molecule has 3 rings (SSSR count). The van der Waals surface area contributed by atoms with Crippen LogP contribution in [0.15, 0.2) is 42.5 Å². The van der Waals surface area contributed by atoms with E-state index >= 15 is 0 Å². The van der Waals surface area contributed by atoms with Gasteiger partial charge < -0.3 is 10.6 Å². The highest BCUT2D eigenvalue weighted by molar-refractivity contribution is 6.08. The number of nitrogens with two attached hydrogens (primary N) is 1. The van der Waals surface area contributed by atoms with Crippen LogP contribution < -0.4 is 10.6 Å². The molecule has 102 valence electrons. The van der Waals surface area contributed by atoms with Crippen molar-refractivity contribution in [3.63, 3.8) is 0 Å². The summed E-state index contributed by atoms with van der Waals surface area (Å²) in [5, 5.41) is 0. The Labute approximate surface area is 119 Å². The van der Waals surface area contributed by atoms with E-state index in [0.29, 0.717) is 5.69 Å². The Morgan fingerprint density at radius 1 is 1.25 bits per heavy atom. The minimum atomic E-state index is 0.0757. The van der Waals surface area contributed by atoms with Crippen LogP contribution in [0.3, 0.4) is 0 Å². The number of nitrogen functional groups attached to an aromatic ring is 1. The van der Waals surface area contributed by atoms with Crippen molar-refractivity contribution in [3.8, 4) is 0 Å². The Morgan fingerprint density at radius 2 is 2.05 bits per heavy atom. The highest BCUT2D eigenvalue weighted by Crippen LogP contribution is 2.31. The van der Waals surface area contributed by atoms with Crippen LogP contribution in [-0.4, -0.2) is 12.5 Å². The number of hydrogen-bond donors (Lipinski definition) is 1. The topological polar surface area (TPSA) is 46.3 Å². The Kier molecular flexibility index (Phi) is 3.18. The fraction of sp³-hybridized carbons (Fsp3) is 0.235. The van der Waals surface area contributed by atoms with E-state index in [4.69, 9.17) is 5.73 Å². The van der Waals surface area contributed by atoms with Crippen LogP contribution in [0.4, 0.5) is 11.4 Å². The zero-order chi connectivity index (χ0) is 14.1. The van der Waals surface area contributed by atoms with Crippen LogP contribution in [-0.2, 0) is 12.8 Å². The van der Waals surface area contributed by atoms with Crippen molar-refractivity contribution < 1.29 is 4.79 Å². The lowest BCUT2D eigenvalue weighted by atomic mass is 10.0. The third kappa shape index (κ3) is 2.05. The van der Waals surface area contributed by atoms with Crippen molar-refractivity contribution in [3.05, 3.63) is 59.2 Å². The molecular weight excluding hydrogens is 248 g/mol. The van der Waals surface area contributed by atoms with Gasteiger partial charge in [-0.3, -0.25) is 4.79 Å². The number of carbonyl (C=O) groups excluding carboxylic acids is 1. The standard InChI is InChI=1S/C17H18N2O/c1-2-12-5-3-4-6-15(12)17(20)19-10-9-13-7-8-14(18)11-16(13)19/h3-8,11H,2,9-10,18H2,1H3. The summed E-state index contributed by atoms with van der Waals surface area (Å²) in [6.07, 6.45) is 1.76. The highest BCUT2D eigenvalue weighted by atomic mass is 16.2. The van der Waals surface area contributed by atoms with Crippen LogP contribution in [0.25, 0.3) is 0 Å². The molecular formula is C17H18N2O. The lowest BCUT2D eigenvalue weighted by molar-refractivity contribution is 0.0988. The number of nitrogens with zero attached hydrogens (tertiary/aromatic N) is 1. The molecule has 1 amide bonds. The first-order valence-corrected chi connectivity index (χ1v) is 6.99. The van der Waals surface area contributed by atoms with Crippen molar-refractivity contribution in [2.24, 2.45) is 0 Å². The van der Waals surface area contributed by atoms with Gasteiger partial charge in [-0.05, 0) is 42.2 Å². The molecule has 1 aliphatic heterocycles. The summed E-state index contributed by atoms with van der Waals surface area (Å²) in [6, 6.07) is 13.6. The maximum atomic E-state index is 12.8. The quantitative estimate of drug-likeness (QED) is 0.849. The van der Waals surface area contributed by atoms with E-state index in [9.17, 15) is 4.79 Å². The molecule has 3 heteroatoms. The molecule has 0 fully saturated rings. The van der Waals surface area contributed by atoms with E-state index in [1.165, 1.54) is 5.56 Å². The smallest absolute Gasteiger partial charge is 0.258 e. The number of amides is 1. The van der Waals surface area contributed by atoms with Crippen molar-refractivity contribution in [2.75, 3.05) is 17.2 Å². The van der Waals surface area contributed by atoms with Gasteiger partial charge in [0.15, 0.2) is 0 Å². The lowest BCUT2D eigenvalue weighted by Gasteiger charge is -2.19. The first-order chi connectivity index (χ1) is 9.70. The fourth-order valence-corrected chi connectivity index (χ4v) is 2.79. The number of benzene rings is 2. The molecule has 0 saturated carbocycles. The summed E-state index contributed by atoms with van der Waals surface area (Å²) in [6.45, 7) is 2.80. The number of anilines is 2. The Balaban J connectivity index is 2.00. The molecule has 0 spiro atoms. The highest BCUT2D eigenvalue weighted by Gasteiger charge is 2.26. The van der Waals surface area contributed by atoms with E-state index < -0.39 is 0 Å². The number of carbonyl (C=O) groups is 1. The first-order valence-electron chi connectivity index (χ1n) is 6.99. The Morgan fingerprint density at radius 3 is 2.85 bits per heavy atom. The average Bonchev–Trinajstić information content (AvgIpc) is 2.89. The SMILES string of the molecule is CCc1ccccc1C(=O)N1CCc2ccc(N)cc21. The maximum Gasteiger partial charge on any atom is 0.258 e. The van der Waals surface area contributed by atoms with Crippen LogP contribution in [0, 0.1) is 0 Å². The van der Waals surface area contributed by atoms with Gasteiger partial charge in [0.2, 0.25) is 0 Å². The predicted molar refractivity (Wildman–Crippen MR) is 82.1 cm³/mol. The maximum absolute atomic E-state index is 12.8. The monoisotopic (exact) mass is 266 g/mol. The summed E-state index contributed by atoms with van der Waals surface area (Å²) in [5.74, 6) is 0.0757. The first kappa shape index (κ1) is 12.7. The molecule has 0 saturated heterocycles. The predicted octanol–water partition coefficient (Wildman–Crippen LogP) is 3.03. The number of rotatable bonds is 2. The molecule has 0 radical (unpaired) electrons. The van der Waals surface area contributed by atoms with Crippen molar-refractivity contribution >= 4 is 17.3 Å². The average molecular weight is 266 g/mol. The third-order valence-corrected chi connectivity index (χ3v) is 3.88. The molecule has 0 bridgehead atoms. The second-order valence-corrected chi connectivity index (χ2v) is 5.11. The van der Waals surface area contributed by atoms with Crippen LogP contribution >= 0.6 is 0 Å².